The summed E-state index contributed by atoms with van der Waals surface area (Å²) in [6.45, 7) is 0. The van der Waals surface area contributed by atoms with Gasteiger partial charge in [0.25, 0.3) is 0 Å². The average Bonchev–Trinajstić information content (AvgIpc) is 2.28. The van der Waals surface area contributed by atoms with Gasteiger partial charge in [-0.05, 0) is 19.3 Å². The topological polar surface area (TPSA) is 46.5 Å². The van der Waals surface area contributed by atoms with Gasteiger partial charge in [0, 0.05) is 0 Å². The van der Waals surface area contributed by atoms with Crippen molar-refractivity contribution in [3.05, 3.63) is 0 Å². The van der Waals surface area contributed by atoms with Crippen molar-refractivity contribution in [3.8, 4) is 0 Å². The lowest BCUT2D eigenvalue weighted by atomic mass is 10.00. The van der Waals surface area contributed by atoms with E-state index in [4.69, 9.17) is 0 Å². The molecule has 2 atom stereocenters. The highest BCUT2D eigenvalue weighted by Crippen LogP contribution is 2.23. The SMILES string of the molecule is COC(=O)[C@@H]1CCCC[C@@H](O)C1. The zero-order valence-corrected chi connectivity index (χ0v) is 7.45. The molecule has 0 aliphatic heterocycles. The van der Waals surface area contributed by atoms with Crippen LogP contribution in [0.5, 0.6) is 0 Å². The number of hydrogen-bond donors (Lipinski definition) is 1. The zero-order chi connectivity index (χ0) is 8.97. The standard InChI is InChI=1S/C9H16O3/c1-12-9(11)7-4-2-3-5-8(10)6-7/h7-8,10H,2-6H2,1H3/t7-,8-/m1/s1. The van der Waals surface area contributed by atoms with E-state index >= 15 is 0 Å². The number of methoxy groups -OCH3 is 1. The van der Waals surface area contributed by atoms with Gasteiger partial charge in [-0.3, -0.25) is 4.79 Å². The summed E-state index contributed by atoms with van der Waals surface area (Å²) in [5.41, 5.74) is 0. The summed E-state index contributed by atoms with van der Waals surface area (Å²) in [5, 5.41) is 9.40. The maximum atomic E-state index is 11.1. The normalized spacial score (nSPS) is 30.8. The average molecular weight is 172 g/mol. The van der Waals surface area contributed by atoms with Crippen LogP contribution in [0.1, 0.15) is 32.1 Å². The molecule has 0 aromatic carbocycles. The van der Waals surface area contributed by atoms with Crippen molar-refractivity contribution in [2.75, 3.05) is 7.11 Å². The smallest absolute Gasteiger partial charge is 0.308 e. The second kappa shape index (κ2) is 4.45. The first-order valence-electron chi connectivity index (χ1n) is 4.50. The van der Waals surface area contributed by atoms with Crippen LogP contribution in [0.4, 0.5) is 0 Å². The molecular formula is C9H16O3. The van der Waals surface area contributed by atoms with Crippen LogP contribution in [-0.4, -0.2) is 24.3 Å². The summed E-state index contributed by atoms with van der Waals surface area (Å²) in [6, 6.07) is 0. The largest absolute Gasteiger partial charge is 0.469 e. The van der Waals surface area contributed by atoms with Gasteiger partial charge in [0.1, 0.15) is 0 Å². The second-order valence-electron chi connectivity index (χ2n) is 3.39. The zero-order valence-electron chi connectivity index (χ0n) is 7.45. The van der Waals surface area contributed by atoms with Crippen LogP contribution in [0, 0.1) is 5.92 Å². The lowest BCUT2D eigenvalue weighted by Crippen LogP contribution is -2.20. The highest BCUT2D eigenvalue weighted by atomic mass is 16.5. The summed E-state index contributed by atoms with van der Waals surface area (Å²) >= 11 is 0. The van der Waals surface area contributed by atoms with Gasteiger partial charge in [-0.2, -0.15) is 0 Å². The van der Waals surface area contributed by atoms with Crippen molar-refractivity contribution in [1.29, 1.82) is 0 Å². The second-order valence-corrected chi connectivity index (χ2v) is 3.39. The number of esters is 1. The first-order chi connectivity index (χ1) is 5.74. The number of carbonyl (C=O) groups excluding carboxylic acids is 1. The van der Waals surface area contributed by atoms with Crippen molar-refractivity contribution in [2.24, 2.45) is 5.92 Å². The van der Waals surface area contributed by atoms with E-state index < -0.39 is 0 Å². The maximum Gasteiger partial charge on any atom is 0.308 e. The number of hydrogen-bond acceptors (Lipinski definition) is 3. The minimum atomic E-state index is -0.309. The fourth-order valence-electron chi connectivity index (χ4n) is 1.72. The van der Waals surface area contributed by atoms with Crippen molar-refractivity contribution in [3.63, 3.8) is 0 Å². The van der Waals surface area contributed by atoms with E-state index in [0.29, 0.717) is 6.42 Å². The Kier molecular flexibility index (Phi) is 3.53. The molecule has 1 fully saturated rings. The van der Waals surface area contributed by atoms with Crippen LogP contribution in [0.2, 0.25) is 0 Å². The molecule has 0 saturated heterocycles. The van der Waals surface area contributed by atoms with Crippen LogP contribution in [-0.2, 0) is 9.53 Å². The lowest BCUT2D eigenvalue weighted by Gasteiger charge is -2.13. The summed E-state index contributed by atoms with van der Waals surface area (Å²) < 4.78 is 4.64. The Balaban J connectivity index is 2.46. The fraction of sp³-hybridized carbons (Fsp3) is 0.889. The highest BCUT2D eigenvalue weighted by molar-refractivity contribution is 5.72. The van der Waals surface area contributed by atoms with E-state index in [0.717, 1.165) is 25.7 Å². The van der Waals surface area contributed by atoms with Crippen LogP contribution in [0.15, 0.2) is 0 Å². The summed E-state index contributed by atoms with van der Waals surface area (Å²) in [7, 11) is 1.40. The third-order valence-electron chi connectivity index (χ3n) is 2.43. The van der Waals surface area contributed by atoms with Crippen LogP contribution >= 0.6 is 0 Å². The van der Waals surface area contributed by atoms with E-state index in [9.17, 15) is 9.90 Å². The monoisotopic (exact) mass is 172 g/mol. The Bertz CT molecular complexity index is 156. The number of ether oxygens (including phenoxy) is 1. The van der Waals surface area contributed by atoms with Crippen molar-refractivity contribution < 1.29 is 14.6 Å². The molecule has 1 aliphatic rings. The molecule has 3 heteroatoms. The minimum Gasteiger partial charge on any atom is -0.469 e. The number of carbonyl (C=O) groups is 1. The molecule has 0 aromatic rings. The summed E-state index contributed by atoms with van der Waals surface area (Å²) in [4.78, 5) is 11.1. The van der Waals surface area contributed by atoms with Gasteiger partial charge in [0.2, 0.25) is 0 Å². The Morgan fingerprint density at radius 3 is 2.75 bits per heavy atom. The predicted molar refractivity (Wildman–Crippen MR) is 44.6 cm³/mol. The van der Waals surface area contributed by atoms with Gasteiger partial charge in [0.05, 0.1) is 19.1 Å². The molecule has 0 amide bonds. The number of rotatable bonds is 1. The van der Waals surface area contributed by atoms with E-state index in [1.807, 2.05) is 0 Å². The van der Waals surface area contributed by atoms with Crippen molar-refractivity contribution in [2.45, 2.75) is 38.2 Å². The van der Waals surface area contributed by atoms with Gasteiger partial charge in [-0.15, -0.1) is 0 Å². The maximum absolute atomic E-state index is 11.1. The van der Waals surface area contributed by atoms with Gasteiger partial charge in [-0.1, -0.05) is 12.8 Å². The van der Waals surface area contributed by atoms with Crippen molar-refractivity contribution in [1.82, 2.24) is 0 Å². The Morgan fingerprint density at radius 2 is 2.08 bits per heavy atom. The molecule has 1 saturated carbocycles. The molecule has 1 rings (SSSR count). The van der Waals surface area contributed by atoms with Gasteiger partial charge in [-0.25, -0.2) is 0 Å². The van der Waals surface area contributed by atoms with E-state index in [-0.39, 0.29) is 18.0 Å². The molecule has 3 nitrogen and oxygen atoms in total. The third kappa shape index (κ3) is 2.48. The van der Waals surface area contributed by atoms with Crippen LogP contribution < -0.4 is 0 Å². The first kappa shape index (κ1) is 9.52. The van der Waals surface area contributed by atoms with Gasteiger partial charge < -0.3 is 9.84 Å². The molecule has 0 unspecified atom stereocenters. The number of aliphatic hydroxyl groups is 1. The minimum absolute atomic E-state index is 0.0764. The molecule has 0 radical (unpaired) electrons. The van der Waals surface area contributed by atoms with Crippen LogP contribution in [0.25, 0.3) is 0 Å². The Hall–Kier alpha value is -0.570. The van der Waals surface area contributed by atoms with Gasteiger partial charge >= 0.3 is 5.97 Å². The van der Waals surface area contributed by atoms with E-state index in [1.54, 1.807) is 0 Å². The van der Waals surface area contributed by atoms with Gasteiger partial charge in [0.15, 0.2) is 0 Å². The Labute approximate surface area is 72.7 Å². The molecule has 12 heavy (non-hydrogen) atoms. The van der Waals surface area contributed by atoms with Crippen molar-refractivity contribution >= 4 is 5.97 Å². The number of aliphatic hydroxyl groups excluding tert-OH is 1. The fourth-order valence-corrected chi connectivity index (χ4v) is 1.72. The summed E-state index contributed by atoms with van der Waals surface area (Å²) in [5.74, 6) is -0.247. The molecule has 1 N–H and O–H groups in total. The predicted octanol–water partition coefficient (Wildman–Crippen LogP) is 1.10. The molecule has 0 aromatic heterocycles. The highest BCUT2D eigenvalue weighted by Gasteiger charge is 2.24. The molecular weight excluding hydrogens is 156 g/mol. The quantitative estimate of drug-likeness (QED) is 0.476. The third-order valence-corrected chi connectivity index (χ3v) is 2.43. The van der Waals surface area contributed by atoms with Crippen LogP contribution in [0.3, 0.4) is 0 Å². The molecule has 70 valence electrons. The van der Waals surface area contributed by atoms with E-state index in [2.05, 4.69) is 4.74 Å². The molecule has 1 aliphatic carbocycles. The lowest BCUT2D eigenvalue weighted by molar-refractivity contribution is -0.146. The van der Waals surface area contributed by atoms with E-state index in [1.165, 1.54) is 7.11 Å². The summed E-state index contributed by atoms with van der Waals surface area (Å²) in [6.07, 6.45) is 4.01. The molecule has 0 bridgehead atoms. The Morgan fingerprint density at radius 1 is 1.42 bits per heavy atom. The molecule has 0 heterocycles. The molecule has 0 spiro atoms. The first-order valence-corrected chi connectivity index (χ1v) is 4.50.